The summed E-state index contributed by atoms with van der Waals surface area (Å²) in [5.74, 6) is -8.68. The Morgan fingerprint density at radius 2 is 1.52 bits per heavy atom. The van der Waals surface area contributed by atoms with Gasteiger partial charge in [0.25, 0.3) is 5.79 Å². The first-order valence-electron chi connectivity index (χ1n) is 19.5. The smallest absolute Gasteiger partial charge is 0.353 e. The normalized spacial score (nSPS) is 54.3. The second kappa shape index (κ2) is 11.3. The summed E-state index contributed by atoms with van der Waals surface area (Å²) in [4.78, 5) is 81.3. The van der Waals surface area contributed by atoms with E-state index in [1.54, 1.807) is 13.8 Å². The number of esters is 5. The number of carbonyl (C=O) groups is 6. The molecule has 0 radical (unpaired) electrons. The van der Waals surface area contributed by atoms with E-state index in [0.717, 1.165) is 0 Å². The standard InChI is InChI=1S/C40H54O14/c1-15(2)12-24(44)52-38(11)34(46)54-40-32(53-40)17(4)27-28(37(38,40)10)16(3)26-25-21(13-23(35(26,27)8)48-18(5)41)36(9)33(50-20(7)43)29-22(51-29)14-39(36,47)31(45)30(25)49-19(6)42/h15-17,21-23,25-30,32-33,47H,12-14H2,1-11H3/t16-,17+,21+,22+,23+,25-,26+,27+,28-,29+,30-,32-,33+,35+,36+,37+,38-,39+,40+/m1/s1. The first kappa shape index (κ1) is 37.8. The molecule has 14 heteroatoms. The average Bonchev–Trinajstić information content (AvgIpc) is 3.95. The lowest BCUT2D eigenvalue weighted by Gasteiger charge is -2.66. The molecule has 8 aliphatic rings. The predicted octanol–water partition coefficient (Wildman–Crippen LogP) is 3.07. The zero-order chi connectivity index (χ0) is 39.6. The second-order valence-electron chi connectivity index (χ2n) is 19.0. The van der Waals surface area contributed by atoms with Crippen LogP contribution < -0.4 is 0 Å². The number of epoxide rings is 2. The molecule has 1 N–H and O–H groups in total. The number of hydrogen-bond acceptors (Lipinski definition) is 14. The van der Waals surface area contributed by atoms with Gasteiger partial charge in [-0.25, -0.2) is 4.79 Å². The summed E-state index contributed by atoms with van der Waals surface area (Å²) in [6, 6.07) is 0. The van der Waals surface area contributed by atoms with Crippen LogP contribution in [-0.4, -0.2) is 94.3 Å². The summed E-state index contributed by atoms with van der Waals surface area (Å²) >= 11 is 0. The maximum Gasteiger partial charge on any atom is 0.353 e. The van der Waals surface area contributed by atoms with E-state index in [1.807, 2.05) is 41.5 Å². The molecule has 5 saturated carbocycles. The third kappa shape index (κ3) is 4.28. The zero-order valence-electron chi connectivity index (χ0n) is 33.0. The Kier molecular flexibility index (Phi) is 7.89. The van der Waals surface area contributed by atoms with Crippen molar-refractivity contribution in [3.05, 3.63) is 0 Å². The Morgan fingerprint density at radius 1 is 0.889 bits per heavy atom. The number of hydrogen-bond donors (Lipinski definition) is 1. The molecule has 54 heavy (non-hydrogen) atoms. The quantitative estimate of drug-likeness (QED) is 0.236. The van der Waals surface area contributed by atoms with Gasteiger partial charge in [0, 0.05) is 50.4 Å². The Labute approximate surface area is 314 Å². The molecule has 3 heterocycles. The second-order valence-corrected chi connectivity index (χ2v) is 19.0. The number of rotatable bonds is 6. The van der Waals surface area contributed by atoms with Crippen LogP contribution in [0.25, 0.3) is 0 Å². The van der Waals surface area contributed by atoms with Crippen molar-refractivity contribution >= 4 is 35.6 Å². The largest absolute Gasteiger partial charge is 0.462 e. The van der Waals surface area contributed by atoms with E-state index in [1.165, 1.54) is 20.8 Å². The van der Waals surface area contributed by atoms with E-state index in [0.29, 0.717) is 0 Å². The molecule has 1 spiro atoms. The minimum Gasteiger partial charge on any atom is -0.462 e. The Hall–Kier alpha value is -3.10. The van der Waals surface area contributed by atoms with Gasteiger partial charge >= 0.3 is 29.8 Å². The SMILES string of the molecule is CC(=O)O[C@H]1C[C@H]2[C@H]([C@@H]3[C@@H](C)[C@@H]4[C@H]([C@H](C)[C@H]5O[C@]56OC(=O)[C@@](C)(OC(=O)CC(C)C)[C@]46C)[C@]31C)[C@@H](OC(C)=O)C(=O)[C@@]1(O)C[C@@H]3O[C@@H]3[C@H](OC(C)=O)[C@]21C. The molecule has 14 nitrogen and oxygen atoms in total. The molecule has 3 aliphatic heterocycles. The first-order valence-corrected chi connectivity index (χ1v) is 19.5. The summed E-state index contributed by atoms with van der Waals surface area (Å²) in [6.07, 6.45) is -4.75. The zero-order valence-corrected chi connectivity index (χ0v) is 33.0. The fraction of sp³-hybridized carbons (Fsp3) is 0.850. The van der Waals surface area contributed by atoms with Gasteiger partial charge in [0.1, 0.15) is 30.0 Å². The Balaban J connectivity index is 1.34. The maximum atomic E-state index is 15.0. The predicted molar refractivity (Wildman–Crippen MR) is 182 cm³/mol. The van der Waals surface area contributed by atoms with E-state index in [2.05, 4.69) is 0 Å². The summed E-state index contributed by atoms with van der Waals surface area (Å²) in [5.41, 5.74) is -7.51. The molecule has 0 bridgehead atoms. The summed E-state index contributed by atoms with van der Waals surface area (Å²) in [7, 11) is 0. The minimum atomic E-state index is -2.12. The molecule has 5 aliphatic carbocycles. The third-order valence-corrected chi connectivity index (χ3v) is 16.1. The average molecular weight is 759 g/mol. The van der Waals surface area contributed by atoms with Crippen molar-refractivity contribution in [3.63, 3.8) is 0 Å². The van der Waals surface area contributed by atoms with E-state index in [-0.39, 0.29) is 37.0 Å². The number of ether oxygens (including phenoxy) is 7. The molecular formula is C40H54O14. The highest BCUT2D eigenvalue weighted by Crippen LogP contribution is 2.82. The monoisotopic (exact) mass is 758 g/mol. The topological polar surface area (TPSA) is 194 Å². The van der Waals surface area contributed by atoms with Crippen molar-refractivity contribution in [2.45, 2.75) is 149 Å². The van der Waals surface area contributed by atoms with Crippen molar-refractivity contribution in [1.82, 2.24) is 0 Å². The first-order chi connectivity index (χ1) is 25.0. The van der Waals surface area contributed by atoms with Gasteiger partial charge in [-0.2, -0.15) is 0 Å². The highest BCUT2D eigenvalue weighted by atomic mass is 16.8. The van der Waals surface area contributed by atoms with Crippen LogP contribution in [0.5, 0.6) is 0 Å². The van der Waals surface area contributed by atoms with E-state index in [9.17, 15) is 29.1 Å². The number of carbonyl (C=O) groups excluding carboxylic acids is 6. The Bertz CT molecular complexity index is 1740. The summed E-state index contributed by atoms with van der Waals surface area (Å²) < 4.78 is 43.1. The molecule has 3 saturated heterocycles. The molecule has 0 aromatic rings. The fourth-order valence-corrected chi connectivity index (χ4v) is 14.1. The van der Waals surface area contributed by atoms with Gasteiger partial charge in [0.15, 0.2) is 6.10 Å². The molecular weight excluding hydrogens is 704 g/mol. The lowest BCUT2D eigenvalue weighted by Crippen LogP contribution is -2.77. The van der Waals surface area contributed by atoms with Crippen LogP contribution in [0, 0.1) is 63.6 Å². The molecule has 0 amide bonds. The fourth-order valence-electron chi connectivity index (χ4n) is 14.1. The minimum absolute atomic E-state index is 0.0353. The molecule has 0 aromatic heterocycles. The molecule has 19 atom stereocenters. The van der Waals surface area contributed by atoms with Crippen LogP contribution in [0.4, 0.5) is 0 Å². The molecule has 8 rings (SSSR count). The molecule has 298 valence electrons. The lowest BCUT2D eigenvalue weighted by molar-refractivity contribution is -0.267. The van der Waals surface area contributed by atoms with Gasteiger partial charge in [-0.05, 0) is 61.7 Å². The van der Waals surface area contributed by atoms with Crippen molar-refractivity contribution in [2.75, 3.05) is 0 Å². The van der Waals surface area contributed by atoms with Gasteiger partial charge in [0.05, 0.1) is 11.5 Å². The highest BCUT2D eigenvalue weighted by molar-refractivity contribution is 5.95. The van der Waals surface area contributed by atoms with Gasteiger partial charge < -0.3 is 38.3 Å². The van der Waals surface area contributed by atoms with Gasteiger partial charge in [-0.3, -0.25) is 24.0 Å². The number of ketones is 1. The van der Waals surface area contributed by atoms with Crippen molar-refractivity contribution in [2.24, 2.45) is 63.6 Å². The van der Waals surface area contributed by atoms with E-state index < -0.39 is 135 Å². The van der Waals surface area contributed by atoms with Crippen LogP contribution in [0.2, 0.25) is 0 Å². The van der Waals surface area contributed by atoms with Crippen LogP contribution in [0.15, 0.2) is 0 Å². The van der Waals surface area contributed by atoms with Gasteiger partial charge in [0.2, 0.25) is 11.4 Å². The van der Waals surface area contributed by atoms with E-state index in [4.69, 9.17) is 33.2 Å². The van der Waals surface area contributed by atoms with Crippen molar-refractivity contribution in [1.29, 1.82) is 0 Å². The van der Waals surface area contributed by atoms with Gasteiger partial charge in [-0.1, -0.05) is 41.5 Å². The highest BCUT2D eigenvalue weighted by Gasteiger charge is 2.93. The lowest BCUT2D eigenvalue weighted by atomic mass is 9.40. The number of Topliss-reactive ketones (excluding diaryl/α,β-unsaturated/α-hetero) is 1. The van der Waals surface area contributed by atoms with Gasteiger partial charge in [-0.15, -0.1) is 0 Å². The van der Waals surface area contributed by atoms with Crippen LogP contribution >= 0.6 is 0 Å². The summed E-state index contributed by atoms with van der Waals surface area (Å²) in [6.45, 7) is 18.9. The molecule has 8 fully saturated rings. The van der Waals surface area contributed by atoms with Crippen LogP contribution in [0.1, 0.15) is 95.4 Å². The molecule has 0 aromatic carbocycles. The Morgan fingerprint density at radius 3 is 2.11 bits per heavy atom. The van der Waals surface area contributed by atoms with Crippen molar-refractivity contribution in [3.8, 4) is 0 Å². The van der Waals surface area contributed by atoms with Crippen molar-refractivity contribution < 1.29 is 67.0 Å². The summed E-state index contributed by atoms with van der Waals surface area (Å²) in [5, 5.41) is 12.7. The number of fused-ring (bicyclic) bond motifs is 9. The maximum absolute atomic E-state index is 15.0. The third-order valence-electron chi connectivity index (χ3n) is 16.1. The van der Waals surface area contributed by atoms with Crippen LogP contribution in [0.3, 0.4) is 0 Å². The molecule has 0 unspecified atom stereocenters. The van der Waals surface area contributed by atoms with E-state index >= 15 is 4.79 Å². The number of aliphatic hydroxyl groups is 1. The van der Waals surface area contributed by atoms with Crippen LogP contribution in [-0.2, 0) is 61.9 Å².